The molecule has 2 aromatic carbocycles. The van der Waals surface area contributed by atoms with Crippen LogP contribution in [0.25, 0.3) is 0 Å². The fourth-order valence-electron chi connectivity index (χ4n) is 2.28. The Morgan fingerprint density at radius 3 is 2.50 bits per heavy atom. The van der Waals surface area contributed by atoms with Crippen molar-refractivity contribution in [3.05, 3.63) is 59.2 Å². The van der Waals surface area contributed by atoms with E-state index in [0.717, 1.165) is 29.2 Å². The zero-order chi connectivity index (χ0) is 17.1. The molecule has 0 bridgehead atoms. The molecule has 0 spiro atoms. The highest BCUT2D eigenvalue weighted by molar-refractivity contribution is 8.19. The van der Waals surface area contributed by atoms with Crippen molar-refractivity contribution in [1.82, 2.24) is 0 Å². The van der Waals surface area contributed by atoms with Gasteiger partial charge < -0.3 is 9.47 Å². The molecule has 1 aliphatic rings. The molecular formula is C17H14F2O3S2. The maximum Gasteiger partial charge on any atom is 0.346 e. The Labute approximate surface area is 146 Å². The van der Waals surface area contributed by atoms with Gasteiger partial charge in [-0.25, -0.2) is 13.6 Å². The third kappa shape index (κ3) is 3.67. The largest absolute Gasteiger partial charge is 0.493 e. The van der Waals surface area contributed by atoms with Gasteiger partial charge in [-0.05, 0) is 29.8 Å². The Bertz CT molecular complexity index is 761. The Morgan fingerprint density at radius 1 is 1.08 bits per heavy atom. The first kappa shape index (κ1) is 17.1. The Balaban J connectivity index is 1.82. The van der Waals surface area contributed by atoms with Crippen LogP contribution in [-0.2, 0) is 0 Å². The van der Waals surface area contributed by atoms with Crippen molar-refractivity contribution in [2.75, 3.05) is 18.6 Å². The number of methoxy groups -OCH3 is 1. The van der Waals surface area contributed by atoms with Crippen molar-refractivity contribution in [3.8, 4) is 11.5 Å². The number of ether oxygens (including phenoxy) is 2. The topological polar surface area (TPSA) is 35.5 Å². The van der Waals surface area contributed by atoms with Crippen LogP contribution in [-0.4, -0.2) is 24.6 Å². The predicted molar refractivity (Wildman–Crippen MR) is 92.0 cm³/mol. The van der Waals surface area contributed by atoms with Gasteiger partial charge >= 0.3 is 5.97 Å². The summed E-state index contributed by atoms with van der Waals surface area (Å²) in [5, 5.41) is 0. The lowest BCUT2D eigenvalue weighted by Gasteiger charge is -2.13. The second-order valence-electron chi connectivity index (χ2n) is 5.00. The molecule has 0 unspecified atom stereocenters. The van der Waals surface area contributed by atoms with Gasteiger partial charge in [-0.1, -0.05) is 6.07 Å². The molecule has 126 valence electrons. The third-order valence-corrected chi connectivity index (χ3v) is 6.54. The molecule has 1 fully saturated rings. The van der Waals surface area contributed by atoms with Crippen LogP contribution in [0.5, 0.6) is 11.5 Å². The van der Waals surface area contributed by atoms with Crippen LogP contribution in [0, 0.1) is 11.6 Å². The summed E-state index contributed by atoms with van der Waals surface area (Å²) in [6.45, 7) is 0. The standard InChI is InChI=1S/C17H14F2O3S2/c1-21-15-8-10(17-23-6-7-24-17)2-5-14(15)22-16(20)12-4-3-11(18)9-13(12)19/h2-5,8-9,17H,6-7H2,1H3. The minimum Gasteiger partial charge on any atom is -0.493 e. The van der Waals surface area contributed by atoms with Crippen molar-refractivity contribution in [2.24, 2.45) is 0 Å². The summed E-state index contributed by atoms with van der Waals surface area (Å²) < 4.78 is 37.4. The number of rotatable bonds is 4. The van der Waals surface area contributed by atoms with E-state index in [-0.39, 0.29) is 11.3 Å². The second kappa shape index (κ2) is 7.44. The molecule has 7 heteroatoms. The van der Waals surface area contributed by atoms with Gasteiger partial charge in [0.2, 0.25) is 0 Å². The SMILES string of the molecule is COc1cc(C2SCCS2)ccc1OC(=O)c1ccc(F)cc1F. The molecule has 0 amide bonds. The molecule has 0 aliphatic carbocycles. The summed E-state index contributed by atoms with van der Waals surface area (Å²) >= 11 is 3.70. The molecule has 0 atom stereocenters. The smallest absolute Gasteiger partial charge is 0.346 e. The average molecular weight is 368 g/mol. The van der Waals surface area contributed by atoms with E-state index in [1.54, 1.807) is 6.07 Å². The lowest BCUT2D eigenvalue weighted by Crippen LogP contribution is -2.11. The van der Waals surface area contributed by atoms with Gasteiger partial charge in [-0.3, -0.25) is 0 Å². The van der Waals surface area contributed by atoms with Crippen molar-refractivity contribution >= 4 is 29.5 Å². The van der Waals surface area contributed by atoms with Gasteiger partial charge in [0.05, 0.1) is 17.3 Å². The number of benzene rings is 2. The van der Waals surface area contributed by atoms with Crippen LogP contribution in [0.4, 0.5) is 8.78 Å². The first-order valence-corrected chi connectivity index (χ1v) is 9.26. The predicted octanol–water partition coefficient (Wildman–Crippen LogP) is 4.67. The average Bonchev–Trinajstić information content (AvgIpc) is 3.09. The van der Waals surface area contributed by atoms with Crippen LogP contribution < -0.4 is 9.47 Å². The first-order valence-electron chi connectivity index (χ1n) is 7.17. The number of halogens is 2. The van der Waals surface area contributed by atoms with Crippen LogP contribution in [0.2, 0.25) is 0 Å². The number of hydrogen-bond acceptors (Lipinski definition) is 5. The Morgan fingerprint density at radius 2 is 1.83 bits per heavy atom. The van der Waals surface area contributed by atoms with Crippen molar-refractivity contribution in [3.63, 3.8) is 0 Å². The first-order chi connectivity index (χ1) is 11.6. The van der Waals surface area contributed by atoms with Gasteiger partial charge in [-0.2, -0.15) is 0 Å². The fraction of sp³-hybridized carbons (Fsp3) is 0.235. The van der Waals surface area contributed by atoms with E-state index >= 15 is 0 Å². The van der Waals surface area contributed by atoms with Crippen LogP contribution in [0.1, 0.15) is 20.5 Å². The van der Waals surface area contributed by atoms with E-state index < -0.39 is 17.6 Å². The number of thioether (sulfide) groups is 2. The van der Waals surface area contributed by atoms with Gasteiger partial charge in [0.25, 0.3) is 0 Å². The number of esters is 1. The molecule has 3 rings (SSSR count). The number of carbonyl (C=O) groups excluding carboxylic acids is 1. The maximum absolute atomic E-state index is 13.7. The maximum atomic E-state index is 13.7. The highest BCUT2D eigenvalue weighted by Gasteiger charge is 2.21. The van der Waals surface area contributed by atoms with E-state index in [1.165, 1.54) is 7.11 Å². The quantitative estimate of drug-likeness (QED) is 0.579. The van der Waals surface area contributed by atoms with Gasteiger partial charge in [0, 0.05) is 17.6 Å². The van der Waals surface area contributed by atoms with Crippen LogP contribution in [0.3, 0.4) is 0 Å². The second-order valence-corrected chi connectivity index (χ2v) is 7.72. The zero-order valence-electron chi connectivity index (χ0n) is 12.8. The molecular weight excluding hydrogens is 354 g/mol. The van der Waals surface area contributed by atoms with E-state index in [4.69, 9.17) is 9.47 Å². The summed E-state index contributed by atoms with van der Waals surface area (Å²) in [5.41, 5.74) is 0.747. The third-order valence-electron chi connectivity index (χ3n) is 3.44. The summed E-state index contributed by atoms with van der Waals surface area (Å²) in [6, 6.07) is 8.02. The number of carbonyl (C=O) groups is 1. The van der Waals surface area contributed by atoms with E-state index in [2.05, 4.69) is 0 Å². The molecule has 0 N–H and O–H groups in total. The Hall–Kier alpha value is -1.73. The van der Waals surface area contributed by atoms with E-state index in [0.29, 0.717) is 16.4 Å². The summed E-state index contributed by atoms with van der Waals surface area (Å²) in [5.74, 6) is 0.172. The van der Waals surface area contributed by atoms with Gasteiger partial charge in [-0.15, -0.1) is 23.5 Å². The number of hydrogen-bond donors (Lipinski definition) is 0. The summed E-state index contributed by atoms with van der Waals surface area (Å²) in [4.78, 5) is 12.1. The molecule has 24 heavy (non-hydrogen) atoms. The van der Waals surface area contributed by atoms with Gasteiger partial charge in [0.1, 0.15) is 11.6 Å². The monoisotopic (exact) mass is 368 g/mol. The van der Waals surface area contributed by atoms with Crippen LogP contribution in [0.15, 0.2) is 36.4 Å². The lowest BCUT2D eigenvalue weighted by molar-refractivity contribution is 0.0724. The van der Waals surface area contributed by atoms with Crippen molar-refractivity contribution in [1.29, 1.82) is 0 Å². The molecule has 3 nitrogen and oxygen atoms in total. The van der Waals surface area contributed by atoms with E-state index in [9.17, 15) is 13.6 Å². The molecule has 1 saturated heterocycles. The molecule has 0 saturated carbocycles. The minimum absolute atomic E-state index is 0.197. The van der Waals surface area contributed by atoms with Crippen LogP contribution >= 0.6 is 23.5 Å². The molecule has 0 aromatic heterocycles. The lowest BCUT2D eigenvalue weighted by atomic mass is 10.2. The Kier molecular flexibility index (Phi) is 5.30. The minimum atomic E-state index is -0.964. The zero-order valence-corrected chi connectivity index (χ0v) is 14.4. The highest BCUT2D eigenvalue weighted by Crippen LogP contribution is 2.47. The fourth-order valence-corrected chi connectivity index (χ4v) is 5.11. The van der Waals surface area contributed by atoms with Crippen molar-refractivity contribution in [2.45, 2.75) is 4.58 Å². The van der Waals surface area contributed by atoms with Crippen molar-refractivity contribution < 1.29 is 23.0 Å². The summed E-state index contributed by atoms with van der Waals surface area (Å²) in [6.07, 6.45) is 0. The summed E-state index contributed by atoms with van der Waals surface area (Å²) in [7, 11) is 1.48. The molecule has 1 heterocycles. The molecule has 2 aromatic rings. The highest BCUT2D eigenvalue weighted by atomic mass is 32.2. The molecule has 0 radical (unpaired) electrons. The van der Waals surface area contributed by atoms with E-state index in [1.807, 2.05) is 35.7 Å². The normalized spacial score (nSPS) is 14.6. The van der Waals surface area contributed by atoms with Gasteiger partial charge in [0.15, 0.2) is 11.5 Å². The molecule has 1 aliphatic heterocycles.